The van der Waals surface area contributed by atoms with Crippen molar-refractivity contribution in [3.05, 3.63) is 83.4 Å². The third-order valence-electron chi connectivity index (χ3n) is 5.90. The minimum absolute atomic E-state index is 0.240. The zero-order valence-electron chi connectivity index (χ0n) is 21.1. The van der Waals surface area contributed by atoms with E-state index in [2.05, 4.69) is 37.4 Å². The molecule has 4 rings (SSSR count). The first-order valence-corrected chi connectivity index (χ1v) is 12.4. The molecule has 0 saturated carbocycles. The van der Waals surface area contributed by atoms with E-state index in [0.717, 1.165) is 65.4 Å². The first-order chi connectivity index (χ1) is 17.6. The summed E-state index contributed by atoms with van der Waals surface area (Å²) in [5.74, 6) is 2.53. The SMILES string of the molecule is CCCNCCOc1ccc(C(=C(CC)c2ccc3c(c2)OCO3)c2ccc(OC(C)=O)cc2)cc1. The maximum Gasteiger partial charge on any atom is 0.308 e. The van der Waals surface area contributed by atoms with Gasteiger partial charge in [0.1, 0.15) is 18.1 Å². The van der Waals surface area contributed by atoms with Crippen molar-refractivity contribution < 1.29 is 23.7 Å². The number of nitrogens with one attached hydrogen (secondary N) is 1. The molecule has 0 aromatic heterocycles. The van der Waals surface area contributed by atoms with Gasteiger partial charge in [-0.15, -0.1) is 0 Å². The Morgan fingerprint density at radius 2 is 1.47 bits per heavy atom. The Morgan fingerprint density at radius 1 is 0.833 bits per heavy atom. The number of ether oxygens (including phenoxy) is 4. The maximum absolute atomic E-state index is 11.4. The molecule has 6 nitrogen and oxygen atoms in total. The molecule has 6 heteroatoms. The monoisotopic (exact) mass is 487 g/mol. The molecule has 1 aliphatic rings. The molecule has 0 saturated heterocycles. The maximum atomic E-state index is 11.4. The van der Waals surface area contributed by atoms with E-state index in [1.54, 1.807) is 0 Å². The van der Waals surface area contributed by atoms with Crippen LogP contribution in [0.2, 0.25) is 0 Å². The Balaban J connectivity index is 1.69. The van der Waals surface area contributed by atoms with Crippen molar-refractivity contribution in [2.45, 2.75) is 33.6 Å². The number of benzene rings is 3. The van der Waals surface area contributed by atoms with Crippen molar-refractivity contribution in [1.82, 2.24) is 5.32 Å². The average Bonchev–Trinajstić information content (AvgIpc) is 3.36. The average molecular weight is 488 g/mol. The third kappa shape index (κ3) is 6.26. The van der Waals surface area contributed by atoms with Crippen LogP contribution in [0, 0.1) is 0 Å². The van der Waals surface area contributed by atoms with Gasteiger partial charge in [-0.2, -0.15) is 0 Å². The molecule has 3 aromatic carbocycles. The molecule has 188 valence electrons. The molecule has 0 radical (unpaired) electrons. The molecule has 1 heterocycles. The van der Waals surface area contributed by atoms with Crippen LogP contribution in [0.5, 0.6) is 23.0 Å². The van der Waals surface area contributed by atoms with Crippen molar-refractivity contribution in [2.75, 3.05) is 26.5 Å². The van der Waals surface area contributed by atoms with Gasteiger partial charge >= 0.3 is 5.97 Å². The molecule has 1 N–H and O–H groups in total. The smallest absolute Gasteiger partial charge is 0.308 e. The molecule has 0 atom stereocenters. The number of esters is 1. The molecular formula is C30H33NO5. The Hall–Kier alpha value is -3.77. The first kappa shape index (κ1) is 25.3. The molecule has 1 aliphatic heterocycles. The second-order valence-electron chi connectivity index (χ2n) is 8.52. The summed E-state index contributed by atoms with van der Waals surface area (Å²) >= 11 is 0. The van der Waals surface area contributed by atoms with Crippen LogP contribution in [0.1, 0.15) is 50.3 Å². The Kier molecular flexibility index (Phi) is 8.63. The standard InChI is InChI=1S/C30H33NO5/c1-4-16-31-17-18-33-25-11-6-22(7-12-25)30(23-8-13-26(14-9-23)36-21(3)32)27(5-2)24-10-15-28-29(19-24)35-20-34-28/h6-15,19,31H,4-5,16-18,20H2,1-3H3. The number of fused-ring (bicyclic) bond motifs is 1. The van der Waals surface area contributed by atoms with E-state index < -0.39 is 0 Å². The number of hydrogen-bond donors (Lipinski definition) is 1. The van der Waals surface area contributed by atoms with Crippen LogP contribution in [0.25, 0.3) is 11.1 Å². The van der Waals surface area contributed by atoms with Crippen molar-refractivity contribution in [3.63, 3.8) is 0 Å². The largest absolute Gasteiger partial charge is 0.492 e. The zero-order valence-corrected chi connectivity index (χ0v) is 21.1. The van der Waals surface area contributed by atoms with E-state index in [1.165, 1.54) is 12.5 Å². The highest BCUT2D eigenvalue weighted by molar-refractivity contribution is 5.99. The van der Waals surface area contributed by atoms with Gasteiger partial charge in [-0.05, 0) is 83.6 Å². The summed E-state index contributed by atoms with van der Waals surface area (Å²) in [6.07, 6.45) is 1.91. The van der Waals surface area contributed by atoms with E-state index in [1.807, 2.05) is 48.5 Å². The summed E-state index contributed by atoms with van der Waals surface area (Å²) in [7, 11) is 0. The summed E-state index contributed by atoms with van der Waals surface area (Å²) in [6.45, 7) is 8.37. The quantitative estimate of drug-likeness (QED) is 0.153. The fraction of sp³-hybridized carbons (Fsp3) is 0.300. The minimum atomic E-state index is -0.339. The van der Waals surface area contributed by atoms with Crippen molar-refractivity contribution in [3.8, 4) is 23.0 Å². The Morgan fingerprint density at radius 3 is 2.11 bits per heavy atom. The van der Waals surface area contributed by atoms with Crippen LogP contribution in [0.15, 0.2) is 66.7 Å². The van der Waals surface area contributed by atoms with Gasteiger partial charge in [0.15, 0.2) is 11.5 Å². The summed E-state index contributed by atoms with van der Waals surface area (Å²) in [6, 6.07) is 21.9. The summed E-state index contributed by atoms with van der Waals surface area (Å²) in [5.41, 5.74) is 5.44. The number of allylic oxidation sites excluding steroid dienone is 1. The molecule has 3 aromatic rings. The second kappa shape index (κ2) is 12.3. The van der Waals surface area contributed by atoms with Gasteiger partial charge in [0.2, 0.25) is 6.79 Å². The highest BCUT2D eigenvalue weighted by atomic mass is 16.7. The van der Waals surface area contributed by atoms with Crippen LogP contribution in [-0.2, 0) is 4.79 Å². The molecule has 0 fully saturated rings. The van der Waals surface area contributed by atoms with E-state index in [0.29, 0.717) is 12.4 Å². The van der Waals surface area contributed by atoms with E-state index in [9.17, 15) is 4.79 Å². The van der Waals surface area contributed by atoms with Gasteiger partial charge in [0.05, 0.1) is 0 Å². The molecule has 0 bridgehead atoms. The molecule has 36 heavy (non-hydrogen) atoms. The van der Waals surface area contributed by atoms with Crippen LogP contribution in [-0.4, -0.2) is 32.5 Å². The molecule has 0 spiro atoms. The lowest BCUT2D eigenvalue weighted by Crippen LogP contribution is -2.21. The highest BCUT2D eigenvalue weighted by Gasteiger charge is 2.18. The Labute approximate surface area is 212 Å². The Bertz CT molecular complexity index is 1200. The third-order valence-corrected chi connectivity index (χ3v) is 5.90. The predicted octanol–water partition coefficient (Wildman–Crippen LogP) is 6.09. The molecule has 0 aliphatic carbocycles. The fourth-order valence-electron chi connectivity index (χ4n) is 4.24. The van der Waals surface area contributed by atoms with E-state index in [-0.39, 0.29) is 12.8 Å². The number of hydrogen-bond acceptors (Lipinski definition) is 6. The fourth-order valence-corrected chi connectivity index (χ4v) is 4.24. The first-order valence-electron chi connectivity index (χ1n) is 12.4. The topological polar surface area (TPSA) is 66.0 Å². The highest BCUT2D eigenvalue weighted by Crippen LogP contribution is 2.40. The zero-order chi connectivity index (χ0) is 25.3. The number of carbonyl (C=O) groups is 1. The van der Waals surface area contributed by atoms with Gasteiger partial charge < -0.3 is 24.3 Å². The minimum Gasteiger partial charge on any atom is -0.492 e. The summed E-state index contributed by atoms with van der Waals surface area (Å²) in [4.78, 5) is 11.4. The number of rotatable bonds is 11. The normalized spacial score (nSPS) is 12.8. The van der Waals surface area contributed by atoms with Gasteiger partial charge in [-0.3, -0.25) is 4.79 Å². The van der Waals surface area contributed by atoms with Crippen molar-refractivity contribution in [1.29, 1.82) is 0 Å². The van der Waals surface area contributed by atoms with E-state index >= 15 is 0 Å². The van der Waals surface area contributed by atoms with Gasteiger partial charge in [-0.25, -0.2) is 0 Å². The summed E-state index contributed by atoms with van der Waals surface area (Å²) in [5, 5.41) is 3.35. The summed E-state index contributed by atoms with van der Waals surface area (Å²) < 4.78 is 22.3. The lowest BCUT2D eigenvalue weighted by atomic mass is 9.88. The lowest BCUT2D eigenvalue weighted by molar-refractivity contribution is -0.131. The van der Waals surface area contributed by atoms with Crippen LogP contribution < -0.4 is 24.3 Å². The van der Waals surface area contributed by atoms with E-state index in [4.69, 9.17) is 18.9 Å². The van der Waals surface area contributed by atoms with Crippen molar-refractivity contribution in [2.24, 2.45) is 0 Å². The molecule has 0 amide bonds. The molecule has 0 unspecified atom stereocenters. The second-order valence-corrected chi connectivity index (χ2v) is 8.52. The van der Waals surface area contributed by atoms with Gasteiger partial charge in [0.25, 0.3) is 0 Å². The van der Waals surface area contributed by atoms with Gasteiger partial charge in [-0.1, -0.05) is 44.2 Å². The van der Waals surface area contributed by atoms with Crippen molar-refractivity contribution >= 4 is 17.1 Å². The van der Waals surface area contributed by atoms with Crippen LogP contribution in [0.4, 0.5) is 0 Å². The van der Waals surface area contributed by atoms with Gasteiger partial charge in [0, 0.05) is 13.5 Å². The number of carbonyl (C=O) groups excluding carboxylic acids is 1. The molecular weight excluding hydrogens is 454 g/mol. The lowest BCUT2D eigenvalue weighted by Gasteiger charge is -2.17. The van der Waals surface area contributed by atoms with Crippen LogP contribution in [0.3, 0.4) is 0 Å². The van der Waals surface area contributed by atoms with Crippen LogP contribution >= 0.6 is 0 Å². The predicted molar refractivity (Wildman–Crippen MR) is 142 cm³/mol.